The van der Waals surface area contributed by atoms with Crippen molar-refractivity contribution in [3.05, 3.63) is 29.8 Å². The molecule has 0 aliphatic rings. The van der Waals surface area contributed by atoms with Gasteiger partial charge in [-0.3, -0.25) is 4.79 Å². The topological polar surface area (TPSA) is 26.3 Å². The summed E-state index contributed by atoms with van der Waals surface area (Å²) in [7, 11) is 1.66. The lowest BCUT2D eigenvalue weighted by Gasteiger charge is -2.06. The average molecular weight is 210 g/mol. The predicted octanol–water partition coefficient (Wildman–Crippen LogP) is 2.52. The van der Waals surface area contributed by atoms with Crippen LogP contribution in [0.1, 0.15) is 12.5 Å². The smallest absolute Gasteiger partial charge is 0.185 e. The molecule has 1 aromatic rings. The fourth-order valence-electron chi connectivity index (χ4n) is 1.21. The Morgan fingerprint density at radius 3 is 2.79 bits per heavy atom. The molecule has 0 aliphatic carbocycles. The molecule has 0 heterocycles. The van der Waals surface area contributed by atoms with Crippen molar-refractivity contribution in [2.45, 2.75) is 13.3 Å². The molecule has 1 aromatic carbocycles. The molecule has 0 saturated heterocycles. The van der Waals surface area contributed by atoms with Crippen molar-refractivity contribution in [2.75, 3.05) is 12.9 Å². The Morgan fingerprint density at radius 2 is 2.14 bits per heavy atom. The molecule has 0 fully saturated rings. The Kier molecular flexibility index (Phi) is 4.53. The minimum atomic E-state index is 0.167. The van der Waals surface area contributed by atoms with E-state index in [1.807, 2.05) is 24.3 Å². The van der Waals surface area contributed by atoms with Gasteiger partial charge in [0, 0.05) is 12.7 Å². The summed E-state index contributed by atoms with van der Waals surface area (Å²) >= 11 is 1.35. The van der Waals surface area contributed by atoms with Crippen molar-refractivity contribution in [3.8, 4) is 5.75 Å². The van der Waals surface area contributed by atoms with Crippen molar-refractivity contribution < 1.29 is 9.53 Å². The second-order valence-corrected chi connectivity index (χ2v) is 4.17. The summed E-state index contributed by atoms with van der Waals surface area (Å²) in [6.45, 7) is 1.59. The first kappa shape index (κ1) is 11.1. The van der Waals surface area contributed by atoms with Crippen molar-refractivity contribution in [3.63, 3.8) is 0 Å². The SMILES string of the molecule is COc1ccccc1CCSC(C)=O. The van der Waals surface area contributed by atoms with Gasteiger partial charge in [0.25, 0.3) is 0 Å². The number of ether oxygens (including phenoxy) is 1. The molecule has 0 bridgehead atoms. The third kappa shape index (κ3) is 3.42. The van der Waals surface area contributed by atoms with E-state index < -0.39 is 0 Å². The lowest BCUT2D eigenvalue weighted by Crippen LogP contribution is -1.95. The van der Waals surface area contributed by atoms with Crippen LogP contribution in [0.3, 0.4) is 0 Å². The predicted molar refractivity (Wildman–Crippen MR) is 59.8 cm³/mol. The van der Waals surface area contributed by atoms with E-state index in [0.717, 1.165) is 23.5 Å². The third-order valence-electron chi connectivity index (χ3n) is 1.87. The molecule has 0 radical (unpaired) electrons. The fourth-order valence-corrected chi connectivity index (χ4v) is 1.82. The normalized spacial score (nSPS) is 9.86. The molecule has 0 atom stereocenters. The zero-order valence-corrected chi connectivity index (χ0v) is 9.26. The van der Waals surface area contributed by atoms with Gasteiger partial charge in [0.1, 0.15) is 5.75 Å². The van der Waals surface area contributed by atoms with Crippen LogP contribution in [0.2, 0.25) is 0 Å². The van der Waals surface area contributed by atoms with Gasteiger partial charge in [-0.25, -0.2) is 0 Å². The van der Waals surface area contributed by atoms with Gasteiger partial charge in [-0.05, 0) is 18.1 Å². The molecule has 14 heavy (non-hydrogen) atoms. The van der Waals surface area contributed by atoms with E-state index >= 15 is 0 Å². The Labute approximate surface area is 88.7 Å². The zero-order chi connectivity index (χ0) is 10.4. The van der Waals surface area contributed by atoms with Crippen molar-refractivity contribution in [1.82, 2.24) is 0 Å². The Balaban J connectivity index is 2.53. The molecule has 0 saturated carbocycles. The zero-order valence-electron chi connectivity index (χ0n) is 8.45. The van der Waals surface area contributed by atoms with Gasteiger partial charge in [0.2, 0.25) is 0 Å². The first-order chi connectivity index (χ1) is 6.74. The van der Waals surface area contributed by atoms with E-state index in [0.29, 0.717) is 0 Å². The summed E-state index contributed by atoms with van der Waals surface area (Å²) in [5, 5.41) is 0.167. The third-order valence-corrected chi connectivity index (χ3v) is 2.68. The number of thioether (sulfide) groups is 1. The van der Waals surface area contributed by atoms with Gasteiger partial charge >= 0.3 is 0 Å². The van der Waals surface area contributed by atoms with E-state index in [2.05, 4.69) is 0 Å². The number of benzene rings is 1. The number of methoxy groups -OCH3 is 1. The Hall–Kier alpha value is -0.960. The van der Waals surface area contributed by atoms with Crippen LogP contribution in [0, 0.1) is 0 Å². The summed E-state index contributed by atoms with van der Waals surface area (Å²) in [5.41, 5.74) is 1.16. The highest BCUT2D eigenvalue weighted by molar-refractivity contribution is 8.13. The van der Waals surface area contributed by atoms with Gasteiger partial charge in [0.15, 0.2) is 5.12 Å². The van der Waals surface area contributed by atoms with Crippen molar-refractivity contribution in [1.29, 1.82) is 0 Å². The number of carbonyl (C=O) groups excluding carboxylic acids is 1. The van der Waals surface area contributed by atoms with E-state index in [4.69, 9.17) is 4.74 Å². The van der Waals surface area contributed by atoms with Crippen LogP contribution in [0.5, 0.6) is 5.75 Å². The van der Waals surface area contributed by atoms with E-state index in [1.165, 1.54) is 11.8 Å². The minimum absolute atomic E-state index is 0.167. The van der Waals surface area contributed by atoms with Gasteiger partial charge in [-0.2, -0.15) is 0 Å². The van der Waals surface area contributed by atoms with Crippen LogP contribution in [-0.2, 0) is 11.2 Å². The second-order valence-electron chi connectivity index (χ2n) is 2.90. The highest BCUT2D eigenvalue weighted by Gasteiger charge is 2.01. The number of rotatable bonds is 4. The fraction of sp³-hybridized carbons (Fsp3) is 0.364. The maximum Gasteiger partial charge on any atom is 0.185 e. The first-order valence-corrected chi connectivity index (χ1v) is 5.48. The highest BCUT2D eigenvalue weighted by Crippen LogP contribution is 2.19. The Bertz CT molecular complexity index is 310. The molecule has 0 aromatic heterocycles. The summed E-state index contributed by atoms with van der Waals surface area (Å²) < 4.78 is 5.21. The van der Waals surface area contributed by atoms with Crippen LogP contribution in [-0.4, -0.2) is 18.0 Å². The van der Waals surface area contributed by atoms with E-state index in [9.17, 15) is 4.79 Å². The molecule has 1 rings (SSSR count). The molecular formula is C11H14O2S. The molecule has 0 unspecified atom stereocenters. The first-order valence-electron chi connectivity index (χ1n) is 4.49. The van der Waals surface area contributed by atoms with Crippen molar-refractivity contribution >= 4 is 16.9 Å². The largest absolute Gasteiger partial charge is 0.496 e. The molecular weight excluding hydrogens is 196 g/mol. The number of hydrogen-bond donors (Lipinski definition) is 0. The van der Waals surface area contributed by atoms with Gasteiger partial charge in [-0.15, -0.1) is 0 Å². The molecule has 0 spiro atoms. The summed E-state index contributed by atoms with van der Waals surface area (Å²) in [5.74, 6) is 1.71. The quantitative estimate of drug-likeness (QED) is 0.764. The monoisotopic (exact) mass is 210 g/mol. The van der Waals surface area contributed by atoms with Crippen LogP contribution in [0.4, 0.5) is 0 Å². The van der Waals surface area contributed by atoms with Gasteiger partial charge < -0.3 is 4.74 Å². The standard InChI is InChI=1S/C11H14O2S/c1-9(12)14-8-7-10-5-3-4-6-11(10)13-2/h3-6H,7-8H2,1-2H3. The Morgan fingerprint density at radius 1 is 1.43 bits per heavy atom. The minimum Gasteiger partial charge on any atom is -0.496 e. The van der Waals surface area contributed by atoms with Gasteiger partial charge in [0.05, 0.1) is 7.11 Å². The number of aryl methyl sites for hydroxylation is 1. The molecule has 76 valence electrons. The van der Waals surface area contributed by atoms with Crippen molar-refractivity contribution in [2.24, 2.45) is 0 Å². The summed E-state index contributed by atoms with van der Waals surface area (Å²) in [6, 6.07) is 7.89. The molecule has 0 N–H and O–H groups in total. The molecule has 0 amide bonds. The summed E-state index contributed by atoms with van der Waals surface area (Å²) in [4.78, 5) is 10.7. The number of carbonyl (C=O) groups is 1. The molecule has 0 aliphatic heterocycles. The van der Waals surface area contributed by atoms with Crippen LogP contribution in [0.25, 0.3) is 0 Å². The molecule has 3 heteroatoms. The van der Waals surface area contributed by atoms with Crippen LogP contribution >= 0.6 is 11.8 Å². The maximum atomic E-state index is 10.7. The van der Waals surface area contributed by atoms with E-state index in [1.54, 1.807) is 14.0 Å². The van der Waals surface area contributed by atoms with Crippen LogP contribution < -0.4 is 4.74 Å². The molecule has 2 nitrogen and oxygen atoms in total. The lowest BCUT2D eigenvalue weighted by atomic mass is 10.1. The second kappa shape index (κ2) is 5.70. The average Bonchev–Trinajstić information content (AvgIpc) is 2.18. The number of para-hydroxylation sites is 1. The van der Waals surface area contributed by atoms with Gasteiger partial charge in [-0.1, -0.05) is 30.0 Å². The maximum absolute atomic E-state index is 10.7. The number of hydrogen-bond acceptors (Lipinski definition) is 3. The van der Waals surface area contributed by atoms with Crippen LogP contribution in [0.15, 0.2) is 24.3 Å². The highest BCUT2D eigenvalue weighted by atomic mass is 32.2. The summed E-state index contributed by atoms with van der Waals surface area (Å²) in [6.07, 6.45) is 0.869. The van der Waals surface area contributed by atoms with E-state index in [-0.39, 0.29) is 5.12 Å². The lowest BCUT2D eigenvalue weighted by molar-refractivity contribution is -0.109.